The Bertz CT molecular complexity index is 528. The molecule has 5 nitrogen and oxygen atoms in total. The predicted octanol–water partition coefficient (Wildman–Crippen LogP) is 2.77. The summed E-state index contributed by atoms with van der Waals surface area (Å²) in [5.41, 5.74) is 1.22. The van der Waals surface area contributed by atoms with E-state index in [-0.39, 0.29) is 10.6 Å². The minimum Gasteiger partial charge on any atom is -0.381 e. The lowest BCUT2D eigenvalue weighted by Gasteiger charge is -2.31. The molecule has 0 saturated carbocycles. The van der Waals surface area contributed by atoms with E-state index in [0.29, 0.717) is 38.0 Å². The maximum atomic E-state index is 10.9. The highest BCUT2D eigenvalue weighted by Gasteiger charge is 2.33. The number of benzene rings is 1. The number of nitro groups is 1. The minimum atomic E-state index is -0.446. The lowest BCUT2D eigenvalue weighted by atomic mass is 9.76. The summed E-state index contributed by atoms with van der Waals surface area (Å²) in [7, 11) is 0. The van der Waals surface area contributed by atoms with E-state index >= 15 is 0 Å². The maximum Gasteiger partial charge on any atom is 0.272 e. The van der Waals surface area contributed by atoms with E-state index in [1.807, 2.05) is 6.07 Å². The zero-order valence-corrected chi connectivity index (χ0v) is 10.9. The molecule has 0 spiro atoms. The molecule has 0 radical (unpaired) electrons. The van der Waals surface area contributed by atoms with Gasteiger partial charge in [-0.05, 0) is 31.7 Å². The van der Waals surface area contributed by atoms with Gasteiger partial charge in [-0.3, -0.25) is 10.1 Å². The molecule has 100 valence electrons. The topological polar surface area (TPSA) is 76.2 Å². The van der Waals surface area contributed by atoms with Gasteiger partial charge in [0, 0.05) is 24.8 Å². The van der Waals surface area contributed by atoms with Gasteiger partial charge in [0.15, 0.2) is 0 Å². The zero-order valence-electron chi connectivity index (χ0n) is 10.9. The molecule has 5 heteroatoms. The molecule has 1 aromatic rings. The van der Waals surface area contributed by atoms with Gasteiger partial charge in [0.05, 0.1) is 16.4 Å². The number of nitrogens with zero attached hydrogens (tertiary/aromatic N) is 2. The van der Waals surface area contributed by atoms with Gasteiger partial charge in [0.1, 0.15) is 0 Å². The molecule has 2 rings (SSSR count). The van der Waals surface area contributed by atoms with Crippen LogP contribution in [0.25, 0.3) is 0 Å². The van der Waals surface area contributed by atoms with E-state index in [1.54, 1.807) is 13.0 Å². The van der Waals surface area contributed by atoms with Crippen molar-refractivity contribution in [3.63, 3.8) is 0 Å². The Morgan fingerprint density at radius 2 is 2.16 bits per heavy atom. The number of rotatable bonds is 3. The zero-order chi connectivity index (χ0) is 13.9. The first-order chi connectivity index (χ1) is 9.08. The van der Waals surface area contributed by atoms with Crippen LogP contribution in [0.4, 0.5) is 5.69 Å². The first-order valence-corrected chi connectivity index (χ1v) is 6.30. The molecule has 0 amide bonds. The second kappa shape index (κ2) is 5.37. The molecule has 1 fully saturated rings. The molecule has 1 aliphatic rings. The Morgan fingerprint density at radius 3 is 2.74 bits per heavy atom. The average molecular weight is 260 g/mol. The molecule has 0 bridgehead atoms. The number of hydrogen-bond acceptors (Lipinski definition) is 4. The van der Waals surface area contributed by atoms with Gasteiger partial charge in [0.25, 0.3) is 5.69 Å². The first kappa shape index (κ1) is 13.5. The quantitative estimate of drug-likeness (QED) is 0.618. The second-order valence-corrected chi connectivity index (χ2v) is 5.00. The molecule has 0 N–H and O–H groups in total. The SMILES string of the molecule is Cc1c(CC2(C#N)CCOCC2)cccc1[N+](=O)[O-]. The summed E-state index contributed by atoms with van der Waals surface area (Å²) < 4.78 is 5.30. The summed E-state index contributed by atoms with van der Waals surface area (Å²) in [4.78, 5) is 10.6. The first-order valence-electron chi connectivity index (χ1n) is 6.30. The third-order valence-corrected chi connectivity index (χ3v) is 3.83. The van der Waals surface area contributed by atoms with Gasteiger partial charge in [-0.2, -0.15) is 5.26 Å². The highest BCUT2D eigenvalue weighted by molar-refractivity contribution is 5.45. The number of nitriles is 1. The van der Waals surface area contributed by atoms with Crippen LogP contribution in [0, 0.1) is 33.8 Å². The molecule has 1 heterocycles. The molecule has 0 atom stereocenters. The van der Waals surface area contributed by atoms with Crippen LogP contribution in [0.1, 0.15) is 24.0 Å². The van der Waals surface area contributed by atoms with Crippen LogP contribution in [-0.4, -0.2) is 18.1 Å². The fraction of sp³-hybridized carbons (Fsp3) is 0.500. The fourth-order valence-electron chi connectivity index (χ4n) is 2.51. The summed E-state index contributed by atoms with van der Waals surface area (Å²) in [5.74, 6) is 0. The van der Waals surface area contributed by atoms with Crippen molar-refractivity contribution in [3.05, 3.63) is 39.4 Å². The number of nitro benzene ring substituents is 1. The van der Waals surface area contributed by atoms with Crippen molar-refractivity contribution in [1.82, 2.24) is 0 Å². The molecule has 19 heavy (non-hydrogen) atoms. The van der Waals surface area contributed by atoms with Gasteiger partial charge >= 0.3 is 0 Å². The summed E-state index contributed by atoms with van der Waals surface area (Å²) in [5, 5.41) is 20.4. The van der Waals surface area contributed by atoms with Crippen molar-refractivity contribution < 1.29 is 9.66 Å². The van der Waals surface area contributed by atoms with Crippen LogP contribution in [-0.2, 0) is 11.2 Å². The fourth-order valence-corrected chi connectivity index (χ4v) is 2.51. The van der Waals surface area contributed by atoms with Crippen molar-refractivity contribution in [3.8, 4) is 6.07 Å². The van der Waals surface area contributed by atoms with E-state index in [1.165, 1.54) is 6.07 Å². The Morgan fingerprint density at radius 1 is 1.47 bits per heavy atom. The smallest absolute Gasteiger partial charge is 0.272 e. The number of ether oxygens (including phenoxy) is 1. The van der Waals surface area contributed by atoms with E-state index in [9.17, 15) is 15.4 Å². The second-order valence-electron chi connectivity index (χ2n) is 5.00. The maximum absolute atomic E-state index is 10.9. The minimum absolute atomic E-state index is 0.123. The largest absolute Gasteiger partial charge is 0.381 e. The average Bonchev–Trinajstić information content (AvgIpc) is 2.42. The molecule has 0 aliphatic carbocycles. The van der Waals surface area contributed by atoms with E-state index in [0.717, 1.165) is 5.56 Å². The van der Waals surface area contributed by atoms with Crippen LogP contribution < -0.4 is 0 Å². The predicted molar refractivity (Wildman–Crippen MR) is 69.6 cm³/mol. The highest BCUT2D eigenvalue weighted by atomic mass is 16.6. The van der Waals surface area contributed by atoms with Crippen LogP contribution in [0.15, 0.2) is 18.2 Å². The third-order valence-electron chi connectivity index (χ3n) is 3.83. The summed E-state index contributed by atoms with van der Waals surface area (Å²) in [6.45, 7) is 2.92. The Labute approximate surface area is 112 Å². The monoisotopic (exact) mass is 260 g/mol. The van der Waals surface area contributed by atoms with Crippen LogP contribution in [0.3, 0.4) is 0 Å². The standard InChI is InChI=1S/C14H16N2O3/c1-11-12(3-2-4-13(11)16(17)18)9-14(10-15)5-7-19-8-6-14/h2-4H,5-9H2,1H3. The lowest BCUT2D eigenvalue weighted by Crippen LogP contribution is -2.30. The van der Waals surface area contributed by atoms with Gasteiger partial charge in [-0.15, -0.1) is 0 Å². The Hall–Kier alpha value is -1.93. The summed E-state index contributed by atoms with van der Waals surface area (Å²) in [6.07, 6.45) is 1.93. The third kappa shape index (κ3) is 2.74. The van der Waals surface area contributed by atoms with Crippen molar-refractivity contribution in [1.29, 1.82) is 5.26 Å². The van der Waals surface area contributed by atoms with E-state index < -0.39 is 5.41 Å². The van der Waals surface area contributed by atoms with Crippen LogP contribution in [0.2, 0.25) is 0 Å². The van der Waals surface area contributed by atoms with Crippen molar-refractivity contribution in [2.45, 2.75) is 26.2 Å². The van der Waals surface area contributed by atoms with Crippen LogP contribution >= 0.6 is 0 Å². The highest BCUT2D eigenvalue weighted by Crippen LogP contribution is 2.35. The summed E-state index contributed by atoms with van der Waals surface area (Å²) in [6, 6.07) is 7.45. The van der Waals surface area contributed by atoms with E-state index in [2.05, 4.69) is 6.07 Å². The van der Waals surface area contributed by atoms with Crippen molar-refractivity contribution in [2.75, 3.05) is 13.2 Å². The van der Waals surface area contributed by atoms with Gasteiger partial charge in [0.2, 0.25) is 0 Å². The van der Waals surface area contributed by atoms with E-state index in [4.69, 9.17) is 4.74 Å². The molecule has 0 unspecified atom stereocenters. The number of hydrogen-bond donors (Lipinski definition) is 0. The van der Waals surface area contributed by atoms with Gasteiger partial charge in [-0.25, -0.2) is 0 Å². The lowest BCUT2D eigenvalue weighted by molar-refractivity contribution is -0.385. The summed E-state index contributed by atoms with van der Waals surface area (Å²) >= 11 is 0. The van der Waals surface area contributed by atoms with Gasteiger partial charge < -0.3 is 4.74 Å². The van der Waals surface area contributed by atoms with Crippen molar-refractivity contribution >= 4 is 5.69 Å². The molecular formula is C14H16N2O3. The normalized spacial score (nSPS) is 17.7. The van der Waals surface area contributed by atoms with Gasteiger partial charge in [-0.1, -0.05) is 12.1 Å². The molecule has 1 aromatic carbocycles. The van der Waals surface area contributed by atoms with Crippen molar-refractivity contribution in [2.24, 2.45) is 5.41 Å². The molecule has 0 aromatic heterocycles. The Kier molecular flexibility index (Phi) is 3.82. The van der Waals surface area contributed by atoms with Crippen LogP contribution in [0.5, 0.6) is 0 Å². The molecule has 1 saturated heterocycles. The Balaban J connectivity index is 2.30. The molecular weight excluding hydrogens is 244 g/mol. The molecule has 1 aliphatic heterocycles.